The van der Waals surface area contributed by atoms with Crippen molar-refractivity contribution < 1.29 is 9.53 Å². The lowest BCUT2D eigenvalue weighted by Crippen LogP contribution is -2.19. The molecule has 0 aliphatic rings. The first-order chi connectivity index (χ1) is 9.02. The van der Waals surface area contributed by atoms with Gasteiger partial charge in [0, 0.05) is 5.69 Å². The molecule has 5 nitrogen and oxygen atoms in total. The molecule has 0 saturated carbocycles. The largest absolute Gasteiger partial charge is 0.469 e. The number of nitrogens with one attached hydrogen (secondary N) is 1. The van der Waals surface area contributed by atoms with Gasteiger partial charge >= 0.3 is 5.97 Å². The molecule has 0 unspecified atom stereocenters. The highest BCUT2D eigenvalue weighted by Crippen LogP contribution is 2.09. The van der Waals surface area contributed by atoms with E-state index in [1.807, 2.05) is 31.2 Å². The Morgan fingerprint density at radius 1 is 1.26 bits per heavy atom. The Hall–Kier alpha value is -2.30. The Labute approximate surface area is 110 Å². The summed E-state index contributed by atoms with van der Waals surface area (Å²) >= 11 is 0. The monoisotopic (exact) mass is 260 g/mol. The van der Waals surface area contributed by atoms with Crippen molar-refractivity contribution in [1.29, 1.82) is 0 Å². The number of rotatable bonds is 3. The molecule has 2 rings (SSSR count). The number of esters is 1. The van der Waals surface area contributed by atoms with Gasteiger partial charge in [0.05, 0.1) is 24.8 Å². The predicted octanol–water partition coefficient (Wildman–Crippen LogP) is 1.50. The molecule has 5 heteroatoms. The molecule has 1 aromatic carbocycles. The van der Waals surface area contributed by atoms with Crippen LogP contribution in [0.4, 0.5) is 0 Å². The van der Waals surface area contributed by atoms with Crippen LogP contribution >= 0.6 is 0 Å². The van der Waals surface area contributed by atoms with Crippen LogP contribution < -0.4 is 5.56 Å². The summed E-state index contributed by atoms with van der Waals surface area (Å²) in [5.74, 6) is -0.421. The SMILES string of the molecule is COC(=O)Cc1c(C)[nH]n(-c2ccc(C)cc2)c1=O. The van der Waals surface area contributed by atoms with Crippen molar-refractivity contribution in [3.8, 4) is 5.69 Å². The van der Waals surface area contributed by atoms with Crippen LogP contribution in [0.25, 0.3) is 5.69 Å². The van der Waals surface area contributed by atoms with E-state index in [0.29, 0.717) is 11.3 Å². The van der Waals surface area contributed by atoms with E-state index in [-0.39, 0.29) is 12.0 Å². The molecule has 1 aromatic heterocycles. The zero-order chi connectivity index (χ0) is 14.0. The van der Waals surface area contributed by atoms with E-state index in [1.165, 1.54) is 11.8 Å². The summed E-state index contributed by atoms with van der Waals surface area (Å²) in [4.78, 5) is 23.5. The zero-order valence-corrected chi connectivity index (χ0v) is 11.2. The number of hydrogen-bond donors (Lipinski definition) is 1. The summed E-state index contributed by atoms with van der Waals surface area (Å²) in [6.45, 7) is 3.75. The molecule has 1 N–H and O–H groups in total. The number of nitrogens with zero attached hydrogens (tertiary/aromatic N) is 1. The number of carbonyl (C=O) groups excluding carboxylic acids is 1. The van der Waals surface area contributed by atoms with Gasteiger partial charge in [0.25, 0.3) is 5.56 Å². The number of benzene rings is 1. The molecule has 0 saturated heterocycles. The highest BCUT2D eigenvalue weighted by molar-refractivity contribution is 5.72. The van der Waals surface area contributed by atoms with Crippen molar-refractivity contribution in [3.63, 3.8) is 0 Å². The van der Waals surface area contributed by atoms with Crippen molar-refractivity contribution in [2.45, 2.75) is 20.3 Å². The van der Waals surface area contributed by atoms with E-state index in [0.717, 1.165) is 11.3 Å². The van der Waals surface area contributed by atoms with Crippen LogP contribution in [0.2, 0.25) is 0 Å². The van der Waals surface area contributed by atoms with Gasteiger partial charge in [-0.25, -0.2) is 4.68 Å². The van der Waals surface area contributed by atoms with Crippen LogP contribution in [0.1, 0.15) is 16.8 Å². The topological polar surface area (TPSA) is 64.1 Å². The third kappa shape index (κ3) is 2.59. The Balaban J connectivity index is 2.44. The van der Waals surface area contributed by atoms with Gasteiger partial charge in [-0.3, -0.25) is 14.7 Å². The molecule has 0 radical (unpaired) electrons. The van der Waals surface area contributed by atoms with Crippen LogP contribution in [-0.2, 0) is 16.0 Å². The van der Waals surface area contributed by atoms with Crippen molar-refractivity contribution in [2.75, 3.05) is 7.11 Å². The van der Waals surface area contributed by atoms with Crippen molar-refractivity contribution in [3.05, 3.63) is 51.4 Å². The number of methoxy groups -OCH3 is 1. The van der Waals surface area contributed by atoms with Gasteiger partial charge in [0.15, 0.2) is 0 Å². The van der Waals surface area contributed by atoms with Crippen molar-refractivity contribution in [2.24, 2.45) is 0 Å². The van der Waals surface area contributed by atoms with E-state index < -0.39 is 5.97 Å². The normalized spacial score (nSPS) is 10.5. The molecule has 0 amide bonds. The fraction of sp³-hybridized carbons (Fsp3) is 0.286. The Morgan fingerprint density at radius 2 is 1.89 bits per heavy atom. The lowest BCUT2D eigenvalue weighted by Gasteiger charge is -2.01. The van der Waals surface area contributed by atoms with Gasteiger partial charge in [-0.05, 0) is 26.0 Å². The number of H-pyrrole nitrogens is 1. The van der Waals surface area contributed by atoms with Gasteiger partial charge in [-0.15, -0.1) is 0 Å². The minimum absolute atomic E-state index is 0.0173. The van der Waals surface area contributed by atoms with E-state index in [2.05, 4.69) is 9.84 Å². The number of ether oxygens (including phenoxy) is 1. The van der Waals surface area contributed by atoms with Crippen LogP contribution in [0.5, 0.6) is 0 Å². The number of carbonyl (C=O) groups is 1. The molecule has 19 heavy (non-hydrogen) atoms. The quantitative estimate of drug-likeness (QED) is 0.850. The van der Waals surface area contributed by atoms with Crippen LogP contribution in [0.15, 0.2) is 29.1 Å². The molecule has 0 fully saturated rings. The minimum Gasteiger partial charge on any atom is -0.469 e. The van der Waals surface area contributed by atoms with Gasteiger partial charge in [-0.2, -0.15) is 0 Å². The van der Waals surface area contributed by atoms with Crippen molar-refractivity contribution in [1.82, 2.24) is 9.78 Å². The third-order valence-corrected chi connectivity index (χ3v) is 3.03. The fourth-order valence-corrected chi connectivity index (χ4v) is 1.88. The molecule has 0 spiro atoms. The van der Waals surface area contributed by atoms with Gasteiger partial charge in [-0.1, -0.05) is 17.7 Å². The first-order valence-corrected chi connectivity index (χ1v) is 5.97. The first-order valence-electron chi connectivity index (χ1n) is 5.97. The second kappa shape index (κ2) is 5.14. The second-order valence-electron chi connectivity index (χ2n) is 4.44. The Kier molecular flexibility index (Phi) is 3.55. The molecule has 2 aromatic rings. The summed E-state index contributed by atoms with van der Waals surface area (Å²) in [7, 11) is 1.31. The number of aryl methyl sites for hydroxylation is 2. The predicted molar refractivity (Wildman–Crippen MR) is 71.6 cm³/mol. The molecule has 0 aliphatic heterocycles. The summed E-state index contributed by atoms with van der Waals surface area (Å²) < 4.78 is 6.03. The van der Waals surface area contributed by atoms with E-state index in [4.69, 9.17) is 0 Å². The molecule has 0 atom stereocenters. The molecular weight excluding hydrogens is 244 g/mol. The third-order valence-electron chi connectivity index (χ3n) is 3.03. The average Bonchev–Trinajstić information content (AvgIpc) is 2.67. The van der Waals surface area contributed by atoms with Gasteiger partial charge < -0.3 is 4.74 Å². The van der Waals surface area contributed by atoms with Crippen LogP contribution in [0, 0.1) is 13.8 Å². The smallest absolute Gasteiger partial charge is 0.310 e. The highest BCUT2D eigenvalue weighted by atomic mass is 16.5. The number of hydrogen-bond acceptors (Lipinski definition) is 3. The average molecular weight is 260 g/mol. The summed E-state index contributed by atoms with van der Waals surface area (Å²) in [5.41, 5.74) is 2.76. The first kappa shape index (κ1) is 13.1. The molecule has 0 aliphatic carbocycles. The van der Waals surface area contributed by atoms with E-state index in [9.17, 15) is 9.59 Å². The molecule has 100 valence electrons. The number of aromatic nitrogens is 2. The van der Waals surface area contributed by atoms with E-state index >= 15 is 0 Å². The lowest BCUT2D eigenvalue weighted by molar-refractivity contribution is -0.139. The number of aromatic amines is 1. The van der Waals surface area contributed by atoms with Crippen LogP contribution in [-0.4, -0.2) is 22.9 Å². The summed E-state index contributed by atoms with van der Waals surface area (Å²) in [5, 5.41) is 2.97. The van der Waals surface area contributed by atoms with Gasteiger partial charge in [0.2, 0.25) is 0 Å². The Morgan fingerprint density at radius 3 is 2.47 bits per heavy atom. The summed E-state index contributed by atoms with van der Waals surface area (Å²) in [6.07, 6.45) is -0.0173. The van der Waals surface area contributed by atoms with Crippen LogP contribution in [0.3, 0.4) is 0 Å². The standard InChI is InChI=1S/C14H16N2O3/c1-9-4-6-11(7-5-9)16-14(18)12(10(2)15-16)8-13(17)19-3/h4-7,15H,8H2,1-3H3. The van der Waals surface area contributed by atoms with E-state index in [1.54, 1.807) is 6.92 Å². The van der Waals surface area contributed by atoms with Gasteiger partial charge in [0.1, 0.15) is 0 Å². The lowest BCUT2D eigenvalue weighted by atomic mass is 10.2. The maximum absolute atomic E-state index is 12.3. The summed E-state index contributed by atoms with van der Waals surface area (Å²) in [6, 6.07) is 7.57. The zero-order valence-electron chi connectivity index (χ0n) is 11.2. The molecule has 1 heterocycles. The second-order valence-corrected chi connectivity index (χ2v) is 4.44. The minimum atomic E-state index is -0.421. The maximum Gasteiger partial charge on any atom is 0.310 e. The Bertz CT molecular complexity index is 650. The van der Waals surface area contributed by atoms with Crippen molar-refractivity contribution >= 4 is 5.97 Å². The maximum atomic E-state index is 12.3. The fourth-order valence-electron chi connectivity index (χ4n) is 1.88. The molecular formula is C14H16N2O3. The highest BCUT2D eigenvalue weighted by Gasteiger charge is 2.15. The molecule has 0 bridgehead atoms.